The summed E-state index contributed by atoms with van der Waals surface area (Å²) in [5.74, 6) is 0.791. The topological polar surface area (TPSA) is 85.8 Å². The van der Waals surface area contributed by atoms with Crippen LogP contribution in [0.2, 0.25) is 5.02 Å². The van der Waals surface area contributed by atoms with Crippen LogP contribution in [-0.2, 0) is 13.6 Å². The molecule has 1 aromatic carbocycles. The molecule has 7 heteroatoms. The molecule has 0 unspecified atom stereocenters. The number of primary amides is 1. The van der Waals surface area contributed by atoms with Gasteiger partial charge in [0.15, 0.2) is 0 Å². The van der Waals surface area contributed by atoms with Crippen LogP contribution in [0, 0.1) is 6.92 Å². The van der Waals surface area contributed by atoms with E-state index in [0.29, 0.717) is 17.4 Å². The number of hydrogen-bond acceptors (Lipinski definition) is 4. The Morgan fingerprint density at radius 1 is 1.39 bits per heavy atom. The van der Waals surface area contributed by atoms with Crippen molar-refractivity contribution < 1.29 is 4.79 Å². The lowest BCUT2D eigenvalue weighted by molar-refractivity contribution is 0.1000. The van der Waals surface area contributed by atoms with Crippen molar-refractivity contribution in [3.63, 3.8) is 0 Å². The van der Waals surface area contributed by atoms with E-state index in [1.165, 1.54) is 17.8 Å². The predicted molar refractivity (Wildman–Crippen MR) is 90.5 cm³/mol. The van der Waals surface area contributed by atoms with Gasteiger partial charge in [0.25, 0.3) is 0 Å². The minimum Gasteiger partial charge on any atom is -0.366 e. The summed E-state index contributed by atoms with van der Waals surface area (Å²) >= 11 is 6.12. The number of nitrogens with two attached hydrogens (primary N) is 1. The predicted octanol–water partition coefficient (Wildman–Crippen LogP) is 2.64. The average Bonchev–Trinajstić information content (AvgIpc) is 2.81. The number of carbonyl (C=O) groups excluding carboxylic acids is 1. The first-order chi connectivity index (χ1) is 11.0. The molecule has 0 atom stereocenters. The first-order valence-corrected chi connectivity index (χ1v) is 7.44. The molecule has 0 spiro atoms. The molecule has 0 radical (unpaired) electrons. The molecule has 2 aromatic heterocycles. The molecule has 1 amide bonds. The monoisotopic (exact) mass is 329 g/mol. The maximum absolute atomic E-state index is 11.1. The van der Waals surface area contributed by atoms with Gasteiger partial charge in [0.2, 0.25) is 5.91 Å². The fourth-order valence-electron chi connectivity index (χ4n) is 2.38. The number of nitrogens with one attached hydrogen (secondary N) is 1. The van der Waals surface area contributed by atoms with Crippen LogP contribution in [0.4, 0.5) is 5.82 Å². The van der Waals surface area contributed by atoms with Crippen LogP contribution in [0.5, 0.6) is 0 Å². The first kappa shape index (κ1) is 15.3. The van der Waals surface area contributed by atoms with Crippen LogP contribution in [0.25, 0.3) is 11.0 Å². The van der Waals surface area contributed by atoms with Gasteiger partial charge in [0.05, 0.1) is 28.2 Å². The van der Waals surface area contributed by atoms with Crippen molar-refractivity contribution in [3.05, 3.63) is 52.4 Å². The number of fused-ring (bicyclic) bond motifs is 1. The molecule has 6 nitrogen and oxygen atoms in total. The zero-order valence-electron chi connectivity index (χ0n) is 12.8. The van der Waals surface area contributed by atoms with Crippen LogP contribution >= 0.6 is 11.6 Å². The summed E-state index contributed by atoms with van der Waals surface area (Å²) < 4.78 is 2.02. The molecule has 0 aliphatic rings. The lowest BCUT2D eigenvalue weighted by Crippen LogP contribution is -2.12. The Labute approximate surface area is 138 Å². The normalized spacial score (nSPS) is 10.9. The van der Waals surface area contributed by atoms with Crippen molar-refractivity contribution in [2.45, 2.75) is 13.5 Å². The van der Waals surface area contributed by atoms with Gasteiger partial charge < -0.3 is 15.6 Å². The van der Waals surface area contributed by atoms with Crippen molar-refractivity contribution in [2.24, 2.45) is 12.8 Å². The van der Waals surface area contributed by atoms with E-state index in [1.54, 1.807) is 0 Å². The minimum absolute atomic E-state index is 0.277. The Morgan fingerprint density at radius 2 is 2.17 bits per heavy atom. The molecule has 23 heavy (non-hydrogen) atoms. The third kappa shape index (κ3) is 2.98. The quantitative estimate of drug-likeness (QED) is 0.770. The van der Waals surface area contributed by atoms with Crippen molar-refractivity contribution in [2.75, 3.05) is 5.32 Å². The number of anilines is 1. The molecule has 0 saturated carbocycles. The molecule has 0 aliphatic heterocycles. The minimum atomic E-state index is -0.559. The first-order valence-electron chi connectivity index (χ1n) is 7.07. The number of hydrogen-bond donors (Lipinski definition) is 2. The Kier molecular flexibility index (Phi) is 3.92. The fraction of sp³-hybridized carbons (Fsp3) is 0.188. The zero-order chi connectivity index (χ0) is 16.6. The highest BCUT2D eigenvalue weighted by molar-refractivity contribution is 6.33. The summed E-state index contributed by atoms with van der Waals surface area (Å²) in [6.07, 6.45) is 1.40. The van der Waals surface area contributed by atoms with Gasteiger partial charge >= 0.3 is 0 Å². The van der Waals surface area contributed by atoms with Crippen molar-refractivity contribution in [1.82, 2.24) is 14.5 Å². The summed E-state index contributed by atoms with van der Waals surface area (Å²) in [6, 6.07) is 7.65. The van der Waals surface area contributed by atoms with Crippen LogP contribution < -0.4 is 11.1 Å². The Hall–Kier alpha value is -2.60. The number of carbonyl (C=O) groups is 1. The van der Waals surface area contributed by atoms with Gasteiger partial charge in [-0.1, -0.05) is 17.7 Å². The third-order valence-electron chi connectivity index (χ3n) is 3.67. The smallest absolute Gasteiger partial charge is 0.250 e. The largest absolute Gasteiger partial charge is 0.366 e. The Bertz CT molecular complexity index is 903. The summed E-state index contributed by atoms with van der Waals surface area (Å²) in [5, 5.41) is 3.48. The highest BCUT2D eigenvalue weighted by Gasteiger charge is 2.10. The lowest BCUT2D eigenvalue weighted by atomic mass is 10.2. The van der Waals surface area contributed by atoms with Crippen LogP contribution in [0.3, 0.4) is 0 Å². The number of nitrogens with zero attached hydrogens (tertiary/aromatic N) is 3. The highest BCUT2D eigenvalue weighted by atomic mass is 35.5. The molecule has 3 rings (SSSR count). The number of pyridine rings is 1. The van der Waals surface area contributed by atoms with E-state index in [0.717, 1.165) is 16.9 Å². The van der Waals surface area contributed by atoms with Gasteiger partial charge in [-0.25, -0.2) is 9.97 Å². The lowest BCUT2D eigenvalue weighted by Gasteiger charge is -2.08. The summed E-state index contributed by atoms with van der Waals surface area (Å²) in [6.45, 7) is 2.50. The second-order valence-electron chi connectivity index (χ2n) is 5.35. The molecule has 0 aliphatic carbocycles. The van der Waals surface area contributed by atoms with E-state index >= 15 is 0 Å². The van der Waals surface area contributed by atoms with Gasteiger partial charge in [-0.15, -0.1) is 0 Å². The van der Waals surface area contributed by atoms with Crippen molar-refractivity contribution in [3.8, 4) is 0 Å². The average molecular weight is 330 g/mol. The Balaban J connectivity index is 1.83. The maximum atomic E-state index is 11.1. The second kappa shape index (κ2) is 5.89. The summed E-state index contributed by atoms with van der Waals surface area (Å²) in [7, 11) is 1.97. The van der Waals surface area contributed by atoms with Gasteiger partial charge in [-0.05, 0) is 30.7 Å². The standard InChI is InChI=1S/C16H16ClN5O/c1-9-3-4-13-12(5-9)21-14(22(13)2)8-20-16-11(17)6-10(7-19-16)15(18)23/h3-7H,8H2,1-2H3,(H2,18,23)(H,19,20). The number of aromatic nitrogens is 3. The van der Waals surface area contributed by atoms with Crippen molar-refractivity contribution in [1.29, 1.82) is 0 Å². The number of aryl methyl sites for hydroxylation is 2. The van der Waals surface area contributed by atoms with Crippen molar-refractivity contribution >= 4 is 34.4 Å². The maximum Gasteiger partial charge on any atom is 0.250 e. The molecule has 0 bridgehead atoms. The van der Waals surface area contributed by atoms with Gasteiger partial charge in [-0.2, -0.15) is 0 Å². The van der Waals surface area contributed by atoms with E-state index in [-0.39, 0.29) is 5.56 Å². The summed E-state index contributed by atoms with van der Waals surface area (Å²) in [5.41, 5.74) is 8.66. The molecule has 3 N–H and O–H groups in total. The van der Waals surface area contributed by atoms with E-state index in [4.69, 9.17) is 17.3 Å². The number of amides is 1. The second-order valence-corrected chi connectivity index (χ2v) is 5.76. The highest BCUT2D eigenvalue weighted by Crippen LogP contribution is 2.22. The van der Waals surface area contributed by atoms with E-state index in [2.05, 4.69) is 21.4 Å². The molecule has 2 heterocycles. The molecule has 0 saturated heterocycles. The fourth-order valence-corrected chi connectivity index (χ4v) is 2.62. The van der Waals surface area contributed by atoms with E-state index in [1.807, 2.05) is 30.7 Å². The number of rotatable bonds is 4. The van der Waals surface area contributed by atoms with Gasteiger partial charge in [0.1, 0.15) is 11.6 Å². The van der Waals surface area contributed by atoms with Gasteiger partial charge in [0, 0.05) is 13.2 Å². The molecule has 0 fully saturated rings. The molecule has 118 valence electrons. The SMILES string of the molecule is Cc1ccc2c(c1)nc(CNc1ncc(C(N)=O)cc1Cl)n2C. The molecular formula is C16H16ClN5O. The molecule has 3 aromatic rings. The number of halogens is 1. The molecular weight excluding hydrogens is 314 g/mol. The third-order valence-corrected chi connectivity index (χ3v) is 3.96. The van der Waals surface area contributed by atoms with Crippen LogP contribution in [0.1, 0.15) is 21.7 Å². The van der Waals surface area contributed by atoms with E-state index < -0.39 is 5.91 Å². The Morgan fingerprint density at radius 3 is 2.87 bits per heavy atom. The number of benzene rings is 1. The van der Waals surface area contributed by atoms with Crippen LogP contribution in [-0.4, -0.2) is 20.4 Å². The van der Waals surface area contributed by atoms with Gasteiger partial charge in [-0.3, -0.25) is 4.79 Å². The van der Waals surface area contributed by atoms with E-state index in [9.17, 15) is 4.79 Å². The zero-order valence-corrected chi connectivity index (χ0v) is 13.6. The van der Waals surface area contributed by atoms with Crippen LogP contribution in [0.15, 0.2) is 30.5 Å². The number of imidazole rings is 1. The summed E-state index contributed by atoms with van der Waals surface area (Å²) in [4.78, 5) is 19.9.